The number of nitrogens with zero attached hydrogens (tertiary/aromatic N) is 4. The molecule has 10 heteroatoms. The Balaban J connectivity index is 1.84. The molecule has 0 fully saturated rings. The monoisotopic (exact) mass is 439 g/mol. The number of ether oxygens (including phenoxy) is 1. The van der Waals surface area contributed by atoms with Crippen molar-refractivity contribution in [2.45, 2.75) is 13.3 Å². The van der Waals surface area contributed by atoms with Crippen molar-refractivity contribution in [3.8, 4) is 16.9 Å². The molecule has 3 aromatic heterocycles. The first kappa shape index (κ1) is 20.8. The number of carbonyl (C=O) groups excluding carboxylic acids is 1. The molecule has 0 aliphatic carbocycles. The zero-order valence-electron chi connectivity index (χ0n) is 16.9. The van der Waals surface area contributed by atoms with Crippen LogP contribution < -0.4 is 11.1 Å². The van der Waals surface area contributed by atoms with Crippen LogP contribution in [0.5, 0.6) is 0 Å². The number of rotatable bonds is 9. The molecule has 1 aromatic carbocycles. The molecule has 0 radical (unpaired) electrons. The van der Waals surface area contributed by atoms with Gasteiger partial charge in [0.1, 0.15) is 5.82 Å². The lowest BCUT2D eigenvalue weighted by Gasteiger charge is -2.13. The van der Waals surface area contributed by atoms with Gasteiger partial charge in [-0.25, -0.2) is 4.98 Å². The summed E-state index contributed by atoms with van der Waals surface area (Å²) in [6.07, 6.45) is 4.35. The summed E-state index contributed by atoms with van der Waals surface area (Å²) < 4.78 is 7.17. The van der Waals surface area contributed by atoms with E-state index in [0.717, 1.165) is 17.4 Å². The van der Waals surface area contributed by atoms with Gasteiger partial charge in [-0.3, -0.25) is 9.89 Å². The molecule has 0 unspecified atom stereocenters. The topological polar surface area (TPSA) is 124 Å². The first-order valence-electron chi connectivity index (χ1n) is 9.89. The number of carbonyl (C=O) groups is 1. The normalized spacial score (nSPS) is 11.2. The van der Waals surface area contributed by atoms with Crippen LogP contribution >= 0.6 is 11.6 Å². The van der Waals surface area contributed by atoms with Gasteiger partial charge in [0, 0.05) is 30.8 Å². The first-order chi connectivity index (χ1) is 15.1. The highest BCUT2D eigenvalue weighted by Crippen LogP contribution is 2.35. The second kappa shape index (κ2) is 9.15. The number of halogens is 1. The Morgan fingerprint density at radius 3 is 2.90 bits per heavy atom. The Morgan fingerprint density at radius 1 is 1.29 bits per heavy atom. The Labute approximate surface area is 183 Å². The predicted octanol–water partition coefficient (Wildman–Crippen LogP) is 3.40. The van der Waals surface area contributed by atoms with Crippen LogP contribution in [0, 0.1) is 0 Å². The van der Waals surface area contributed by atoms with Crippen LogP contribution in [-0.4, -0.2) is 50.6 Å². The SMILES string of the molecule is CCCOCCNc1cc(-c2cccc(Cl)c2C(N)=O)c2cnn(-c3cc[nH]n3)c2n1. The number of fused-ring (bicyclic) bond motifs is 1. The number of hydrogen-bond acceptors (Lipinski definition) is 6. The van der Waals surface area contributed by atoms with E-state index in [4.69, 9.17) is 27.1 Å². The number of pyridine rings is 1. The summed E-state index contributed by atoms with van der Waals surface area (Å²) in [5.41, 5.74) is 7.82. The molecule has 0 saturated heterocycles. The van der Waals surface area contributed by atoms with Crippen LogP contribution in [0.1, 0.15) is 23.7 Å². The van der Waals surface area contributed by atoms with E-state index in [1.165, 1.54) is 0 Å². The maximum atomic E-state index is 12.2. The van der Waals surface area contributed by atoms with E-state index in [2.05, 4.69) is 27.5 Å². The van der Waals surface area contributed by atoms with Gasteiger partial charge in [-0.15, -0.1) is 0 Å². The standard InChI is InChI=1S/C21H22ClN7O2/c1-2-9-31-10-8-24-17-11-14(13-4-3-5-16(22)19(13)20(23)30)15-12-26-29(21(15)27-17)18-6-7-25-28-18/h3-7,11-12H,2,8-10H2,1H3,(H2,23,30)(H,24,27)(H,25,28). The zero-order valence-corrected chi connectivity index (χ0v) is 17.7. The fourth-order valence-corrected chi connectivity index (χ4v) is 3.62. The van der Waals surface area contributed by atoms with Gasteiger partial charge in [-0.05, 0) is 29.7 Å². The van der Waals surface area contributed by atoms with Gasteiger partial charge in [-0.2, -0.15) is 14.9 Å². The summed E-state index contributed by atoms with van der Waals surface area (Å²) in [5.74, 6) is 0.598. The largest absolute Gasteiger partial charge is 0.380 e. The van der Waals surface area contributed by atoms with E-state index in [1.807, 2.05) is 6.07 Å². The van der Waals surface area contributed by atoms with Gasteiger partial charge in [0.05, 0.1) is 23.4 Å². The van der Waals surface area contributed by atoms with Gasteiger partial charge in [0.15, 0.2) is 11.5 Å². The van der Waals surface area contributed by atoms with E-state index < -0.39 is 5.91 Å². The van der Waals surface area contributed by atoms with Crippen LogP contribution in [0.4, 0.5) is 5.82 Å². The molecule has 0 aliphatic rings. The molecule has 0 saturated carbocycles. The molecular weight excluding hydrogens is 418 g/mol. The predicted molar refractivity (Wildman–Crippen MR) is 120 cm³/mol. The molecule has 0 spiro atoms. The first-order valence-corrected chi connectivity index (χ1v) is 10.3. The number of primary amides is 1. The molecule has 4 rings (SSSR count). The number of H-pyrrole nitrogens is 1. The van der Waals surface area contributed by atoms with Crippen molar-refractivity contribution in [3.05, 3.63) is 53.3 Å². The van der Waals surface area contributed by atoms with Crippen molar-refractivity contribution in [1.29, 1.82) is 0 Å². The maximum absolute atomic E-state index is 12.2. The summed E-state index contributed by atoms with van der Waals surface area (Å²) in [4.78, 5) is 16.9. The molecule has 4 N–H and O–H groups in total. The van der Waals surface area contributed by atoms with Crippen molar-refractivity contribution in [1.82, 2.24) is 25.0 Å². The second-order valence-electron chi connectivity index (χ2n) is 6.85. The van der Waals surface area contributed by atoms with Gasteiger partial charge < -0.3 is 15.8 Å². The summed E-state index contributed by atoms with van der Waals surface area (Å²) in [5, 5.41) is 15.7. The van der Waals surface area contributed by atoms with Crippen molar-refractivity contribution >= 4 is 34.4 Å². The average molecular weight is 440 g/mol. The Morgan fingerprint density at radius 2 is 2.16 bits per heavy atom. The molecule has 1 amide bonds. The number of anilines is 1. The number of hydrogen-bond donors (Lipinski definition) is 3. The highest BCUT2D eigenvalue weighted by Gasteiger charge is 2.20. The molecule has 31 heavy (non-hydrogen) atoms. The highest BCUT2D eigenvalue weighted by atomic mass is 35.5. The average Bonchev–Trinajstić information content (AvgIpc) is 3.42. The van der Waals surface area contributed by atoms with Crippen LogP contribution in [-0.2, 0) is 4.74 Å². The minimum atomic E-state index is -0.604. The molecule has 0 aliphatic heterocycles. The summed E-state index contributed by atoms with van der Waals surface area (Å²) in [7, 11) is 0. The van der Waals surface area contributed by atoms with Crippen LogP contribution in [0.25, 0.3) is 28.0 Å². The van der Waals surface area contributed by atoms with Crippen LogP contribution in [0.3, 0.4) is 0 Å². The van der Waals surface area contributed by atoms with Gasteiger partial charge in [-0.1, -0.05) is 30.7 Å². The van der Waals surface area contributed by atoms with Gasteiger partial charge in [0.2, 0.25) is 0 Å². The summed E-state index contributed by atoms with van der Waals surface area (Å²) in [6.45, 7) is 3.89. The molecule has 9 nitrogen and oxygen atoms in total. The Bertz CT molecular complexity index is 1200. The number of nitrogens with one attached hydrogen (secondary N) is 2. The van der Waals surface area contributed by atoms with E-state index in [9.17, 15) is 4.79 Å². The minimum Gasteiger partial charge on any atom is -0.380 e. The van der Waals surface area contributed by atoms with E-state index >= 15 is 0 Å². The smallest absolute Gasteiger partial charge is 0.250 e. The highest BCUT2D eigenvalue weighted by molar-refractivity contribution is 6.34. The third-order valence-electron chi connectivity index (χ3n) is 4.70. The van der Waals surface area contributed by atoms with Crippen LogP contribution in [0.15, 0.2) is 42.7 Å². The molecular formula is C21H22ClN7O2. The molecule has 4 aromatic rings. The van der Waals surface area contributed by atoms with Crippen molar-refractivity contribution in [2.24, 2.45) is 5.73 Å². The quantitative estimate of drug-likeness (QED) is 0.343. The summed E-state index contributed by atoms with van der Waals surface area (Å²) >= 11 is 6.30. The molecule has 0 atom stereocenters. The third-order valence-corrected chi connectivity index (χ3v) is 5.01. The van der Waals surface area contributed by atoms with Crippen molar-refractivity contribution < 1.29 is 9.53 Å². The second-order valence-corrected chi connectivity index (χ2v) is 7.25. The fraction of sp³-hybridized carbons (Fsp3) is 0.238. The van der Waals surface area contributed by atoms with Gasteiger partial charge >= 0.3 is 0 Å². The number of benzene rings is 1. The zero-order chi connectivity index (χ0) is 21.8. The lowest BCUT2D eigenvalue weighted by atomic mass is 9.97. The Hall–Kier alpha value is -3.43. The van der Waals surface area contributed by atoms with Crippen molar-refractivity contribution in [2.75, 3.05) is 25.1 Å². The summed E-state index contributed by atoms with van der Waals surface area (Å²) in [6, 6.07) is 8.87. The fourth-order valence-electron chi connectivity index (χ4n) is 3.35. The molecule has 160 valence electrons. The number of nitrogens with two attached hydrogens (primary N) is 1. The van der Waals surface area contributed by atoms with E-state index in [0.29, 0.717) is 42.6 Å². The molecule has 3 heterocycles. The van der Waals surface area contributed by atoms with Gasteiger partial charge in [0.25, 0.3) is 5.91 Å². The van der Waals surface area contributed by atoms with E-state index in [-0.39, 0.29) is 10.6 Å². The number of amides is 1. The Kier molecular flexibility index (Phi) is 6.15. The number of aromatic amines is 1. The minimum absolute atomic E-state index is 0.251. The molecule has 0 bridgehead atoms. The lowest BCUT2D eigenvalue weighted by molar-refractivity contribution is 0.100. The van der Waals surface area contributed by atoms with E-state index in [1.54, 1.807) is 41.3 Å². The van der Waals surface area contributed by atoms with Crippen LogP contribution in [0.2, 0.25) is 5.02 Å². The van der Waals surface area contributed by atoms with Crippen molar-refractivity contribution in [3.63, 3.8) is 0 Å². The maximum Gasteiger partial charge on any atom is 0.250 e. The third kappa shape index (κ3) is 4.23. The lowest BCUT2D eigenvalue weighted by Crippen LogP contribution is -2.14. The number of aromatic nitrogens is 5.